The van der Waals surface area contributed by atoms with Crippen LogP contribution in [0.5, 0.6) is 0 Å². The Balaban J connectivity index is 1.89. The van der Waals surface area contributed by atoms with Crippen LogP contribution in [0.25, 0.3) is 22.3 Å². The van der Waals surface area contributed by atoms with Crippen molar-refractivity contribution in [1.29, 1.82) is 0 Å². The van der Waals surface area contributed by atoms with Gasteiger partial charge in [-0.3, -0.25) is 4.79 Å². The normalized spacial score (nSPS) is 19.5. The second kappa shape index (κ2) is 6.49. The van der Waals surface area contributed by atoms with E-state index in [1.54, 1.807) is 23.6 Å². The molecule has 3 N–H and O–H groups in total. The van der Waals surface area contributed by atoms with Crippen molar-refractivity contribution >= 4 is 35.8 Å². The Labute approximate surface area is 184 Å². The fourth-order valence-electron chi connectivity index (χ4n) is 4.97. The highest BCUT2D eigenvalue weighted by Gasteiger charge is 2.45. The maximum atomic E-state index is 15.2. The molecule has 0 unspecified atom stereocenters. The molecule has 0 amide bonds. The summed E-state index contributed by atoms with van der Waals surface area (Å²) < 4.78 is 21.9. The SMILES string of the molecule is CC[C@@]1(O)C(=O)OCc2c1cc1n(c2=O)Cc2c-1nc1ccc(N)c(F)c1c2[Si](C)(C)C. The summed E-state index contributed by atoms with van der Waals surface area (Å²) in [7, 11) is -2.12. The summed E-state index contributed by atoms with van der Waals surface area (Å²) in [6.07, 6.45) is 0.0738. The number of pyridine rings is 2. The maximum absolute atomic E-state index is 15.2. The standard InChI is InChI=1S/C23H24FN3O4Si/c1-5-23(30)13-8-16-19-11(9-27(16)21(28)12(13)10-31-22(23)29)20(32(2,3)4)17-15(26-19)7-6-14(25)18(17)24/h6-8,30H,5,9-10,25H2,1-4H3/t23-/m0/s1. The molecule has 0 saturated heterocycles. The molecule has 1 atom stereocenters. The second-order valence-electron chi connectivity index (χ2n) is 9.53. The van der Waals surface area contributed by atoms with Gasteiger partial charge in [0.25, 0.3) is 5.56 Å². The number of carbonyl (C=O) groups excluding carboxylic acids is 1. The molecule has 0 bridgehead atoms. The summed E-state index contributed by atoms with van der Waals surface area (Å²) in [6.45, 7) is 8.06. The number of fused-ring (bicyclic) bond motifs is 5. The lowest BCUT2D eigenvalue weighted by Gasteiger charge is -2.31. The number of esters is 1. The highest BCUT2D eigenvalue weighted by atomic mass is 28.3. The molecular formula is C23H24FN3O4Si. The fourth-order valence-corrected chi connectivity index (χ4v) is 7.07. The van der Waals surface area contributed by atoms with Crippen LogP contribution in [0.3, 0.4) is 0 Å². The van der Waals surface area contributed by atoms with Gasteiger partial charge >= 0.3 is 5.97 Å². The largest absolute Gasteiger partial charge is 0.458 e. The Bertz CT molecular complexity index is 1410. The van der Waals surface area contributed by atoms with Crippen LogP contribution in [0.1, 0.15) is 30.0 Å². The minimum Gasteiger partial charge on any atom is -0.458 e. The van der Waals surface area contributed by atoms with Crippen molar-refractivity contribution in [1.82, 2.24) is 9.55 Å². The van der Waals surface area contributed by atoms with Crippen molar-refractivity contribution in [2.24, 2.45) is 0 Å². The van der Waals surface area contributed by atoms with E-state index in [0.29, 0.717) is 22.3 Å². The number of hydrogen-bond acceptors (Lipinski definition) is 6. The Kier molecular flexibility index (Phi) is 4.22. The number of hydrogen-bond donors (Lipinski definition) is 2. The molecule has 0 fully saturated rings. The van der Waals surface area contributed by atoms with E-state index in [1.165, 1.54) is 6.07 Å². The number of rotatable bonds is 2. The van der Waals surface area contributed by atoms with Gasteiger partial charge in [0.1, 0.15) is 6.61 Å². The van der Waals surface area contributed by atoms with Crippen molar-refractivity contribution in [3.63, 3.8) is 0 Å². The van der Waals surface area contributed by atoms with E-state index < -0.39 is 25.5 Å². The molecule has 0 radical (unpaired) electrons. The number of aliphatic hydroxyl groups is 1. The first-order valence-corrected chi connectivity index (χ1v) is 14.1. The van der Waals surface area contributed by atoms with Gasteiger partial charge in [0, 0.05) is 10.9 Å². The van der Waals surface area contributed by atoms with Gasteiger partial charge in [-0.1, -0.05) is 26.6 Å². The molecule has 1 aromatic carbocycles. The number of halogens is 1. The molecule has 2 aliphatic heterocycles. The van der Waals surface area contributed by atoms with Crippen LogP contribution in [0.15, 0.2) is 23.0 Å². The van der Waals surface area contributed by atoms with Gasteiger partial charge < -0.3 is 20.1 Å². The molecule has 4 heterocycles. The smallest absolute Gasteiger partial charge is 0.343 e. The summed E-state index contributed by atoms with van der Waals surface area (Å²) in [4.78, 5) is 30.5. The summed E-state index contributed by atoms with van der Waals surface area (Å²) in [6, 6.07) is 4.86. The quantitative estimate of drug-likeness (QED) is 0.274. The van der Waals surface area contributed by atoms with Crippen LogP contribution >= 0.6 is 0 Å². The predicted molar refractivity (Wildman–Crippen MR) is 122 cm³/mol. The van der Waals surface area contributed by atoms with Crippen LogP contribution in [-0.4, -0.2) is 28.7 Å². The molecule has 32 heavy (non-hydrogen) atoms. The lowest BCUT2D eigenvalue weighted by Crippen LogP contribution is -2.44. The molecule has 2 aliphatic rings. The number of nitrogen functional groups attached to an aromatic ring is 1. The summed E-state index contributed by atoms with van der Waals surface area (Å²) in [5.74, 6) is -1.25. The van der Waals surface area contributed by atoms with E-state index >= 15 is 4.39 Å². The average molecular weight is 454 g/mol. The van der Waals surface area contributed by atoms with Gasteiger partial charge in [-0.15, -0.1) is 0 Å². The number of ether oxygens (including phenoxy) is 1. The fraction of sp³-hybridized carbons (Fsp3) is 0.348. The molecular weight excluding hydrogens is 429 g/mol. The number of carbonyl (C=O) groups is 1. The third-order valence-electron chi connectivity index (χ3n) is 6.57. The summed E-state index contributed by atoms with van der Waals surface area (Å²) >= 11 is 0. The zero-order valence-corrected chi connectivity index (χ0v) is 19.4. The van der Waals surface area contributed by atoms with Crippen molar-refractivity contribution in [3.05, 3.63) is 51.1 Å². The third kappa shape index (κ3) is 2.58. The highest BCUT2D eigenvalue weighted by Crippen LogP contribution is 2.39. The summed E-state index contributed by atoms with van der Waals surface area (Å²) in [5.41, 5.74) is 6.61. The van der Waals surface area contributed by atoms with E-state index in [0.717, 1.165) is 10.8 Å². The van der Waals surface area contributed by atoms with Crippen molar-refractivity contribution in [2.75, 3.05) is 5.73 Å². The minimum atomic E-state index is -2.12. The molecule has 0 spiro atoms. The van der Waals surface area contributed by atoms with Crippen LogP contribution in [0.4, 0.5) is 10.1 Å². The van der Waals surface area contributed by atoms with E-state index in [4.69, 9.17) is 15.5 Å². The zero-order valence-electron chi connectivity index (χ0n) is 18.4. The van der Waals surface area contributed by atoms with Crippen LogP contribution in [0.2, 0.25) is 19.6 Å². The molecule has 0 saturated carbocycles. The average Bonchev–Trinajstić information content (AvgIpc) is 3.10. The van der Waals surface area contributed by atoms with Crippen LogP contribution < -0.4 is 16.5 Å². The van der Waals surface area contributed by atoms with E-state index in [-0.39, 0.29) is 41.9 Å². The van der Waals surface area contributed by atoms with Crippen molar-refractivity contribution < 1.29 is 19.0 Å². The van der Waals surface area contributed by atoms with Gasteiger partial charge in [0.2, 0.25) is 0 Å². The topological polar surface area (TPSA) is 107 Å². The van der Waals surface area contributed by atoms with Gasteiger partial charge in [-0.2, -0.15) is 0 Å². The zero-order chi connectivity index (χ0) is 23.2. The number of benzene rings is 1. The number of anilines is 1. The van der Waals surface area contributed by atoms with Gasteiger partial charge in [0.15, 0.2) is 11.4 Å². The van der Waals surface area contributed by atoms with Gasteiger partial charge in [-0.25, -0.2) is 14.2 Å². The first kappa shape index (κ1) is 20.8. The van der Waals surface area contributed by atoms with Gasteiger partial charge in [0.05, 0.1) is 42.8 Å². The molecule has 2 aromatic heterocycles. The molecule has 5 rings (SSSR count). The number of cyclic esters (lactones) is 1. The Morgan fingerprint density at radius 3 is 2.66 bits per heavy atom. The molecule has 166 valence electrons. The lowest BCUT2D eigenvalue weighted by molar-refractivity contribution is -0.172. The molecule has 7 nitrogen and oxygen atoms in total. The lowest BCUT2D eigenvalue weighted by atomic mass is 9.86. The monoisotopic (exact) mass is 453 g/mol. The predicted octanol–water partition coefficient (Wildman–Crippen LogP) is 2.35. The van der Waals surface area contributed by atoms with Crippen LogP contribution in [-0.2, 0) is 28.3 Å². The Hall–Kier alpha value is -3.04. The second-order valence-corrected chi connectivity index (χ2v) is 14.5. The number of nitrogens with two attached hydrogens (primary N) is 1. The molecule has 9 heteroatoms. The van der Waals surface area contributed by atoms with Crippen molar-refractivity contribution in [3.8, 4) is 11.4 Å². The number of aromatic nitrogens is 2. The minimum absolute atomic E-state index is 0.0607. The van der Waals surface area contributed by atoms with E-state index in [9.17, 15) is 14.7 Å². The van der Waals surface area contributed by atoms with Crippen molar-refractivity contribution in [2.45, 2.75) is 51.7 Å². The molecule has 0 aliphatic carbocycles. The van der Waals surface area contributed by atoms with E-state index in [2.05, 4.69) is 19.6 Å². The Morgan fingerprint density at radius 1 is 1.28 bits per heavy atom. The first-order valence-electron chi connectivity index (χ1n) is 10.6. The first-order chi connectivity index (χ1) is 15.0. The molecule has 3 aromatic rings. The number of nitrogens with zero attached hydrogens (tertiary/aromatic N) is 2. The van der Waals surface area contributed by atoms with E-state index in [1.807, 2.05) is 0 Å². The van der Waals surface area contributed by atoms with Crippen LogP contribution in [0, 0.1) is 5.82 Å². The van der Waals surface area contributed by atoms with Gasteiger partial charge in [-0.05, 0) is 35.4 Å². The summed E-state index contributed by atoms with van der Waals surface area (Å²) in [5, 5.41) is 12.3. The highest BCUT2D eigenvalue weighted by molar-refractivity contribution is 6.90. The maximum Gasteiger partial charge on any atom is 0.343 e. The third-order valence-corrected chi connectivity index (χ3v) is 8.62. The Morgan fingerprint density at radius 2 is 2.00 bits per heavy atom.